The van der Waals surface area contributed by atoms with Crippen molar-refractivity contribution in [3.8, 4) is 0 Å². The first kappa shape index (κ1) is 13.8. The largest absolute Gasteiger partial charge is 0.338 e. The third-order valence-electron chi connectivity index (χ3n) is 3.47. The van der Waals surface area contributed by atoms with E-state index in [4.69, 9.17) is 0 Å². The molecule has 0 N–H and O–H groups in total. The molecule has 3 rings (SSSR count). The fourth-order valence-electron chi connectivity index (χ4n) is 2.32. The van der Waals surface area contributed by atoms with E-state index in [0.717, 1.165) is 38.6 Å². The molecule has 110 valence electrons. The van der Waals surface area contributed by atoms with E-state index in [9.17, 15) is 8.78 Å². The highest BCUT2D eigenvalue weighted by Gasteiger charge is 2.20. The Kier molecular flexibility index (Phi) is 4.01. The minimum atomic E-state index is -0.442. The lowest BCUT2D eigenvalue weighted by atomic mass is 10.2. The molecule has 1 saturated heterocycles. The van der Waals surface area contributed by atoms with Crippen LogP contribution in [0.2, 0.25) is 0 Å². The zero-order chi connectivity index (χ0) is 14.7. The van der Waals surface area contributed by atoms with Gasteiger partial charge in [-0.2, -0.15) is 0 Å². The van der Waals surface area contributed by atoms with Gasteiger partial charge in [0.15, 0.2) is 5.82 Å². The Morgan fingerprint density at radius 1 is 1.00 bits per heavy atom. The summed E-state index contributed by atoms with van der Waals surface area (Å²) in [5.41, 5.74) is 0.462. The summed E-state index contributed by atoms with van der Waals surface area (Å²) in [5.74, 6) is -0.190. The Balaban J connectivity index is 1.58. The standard InChI is InChI=1S/C14H15F2N5/c15-11-8-18-14(19-9-11)21-6-4-20(5-7-21)10-13-12(16)2-1-3-17-13/h1-3,8-9H,4-7,10H2. The lowest BCUT2D eigenvalue weighted by Gasteiger charge is -2.34. The van der Waals surface area contributed by atoms with E-state index in [1.807, 2.05) is 4.90 Å². The van der Waals surface area contributed by atoms with Crippen LogP contribution in [-0.4, -0.2) is 46.0 Å². The van der Waals surface area contributed by atoms with Gasteiger partial charge in [-0.25, -0.2) is 18.7 Å². The van der Waals surface area contributed by atoms with Gasteiger partial charge in [0.1, 0.15) is 5.82 Å². The molecule has 3 heterocycles. The average molecular weight is 291 g/mol. The van der Waals surface area contributed by atoms with Crippen LogP contribution in [0, 0.1) is 11.6 Å². The summed E-state index contributed by atoms with van der Waals surface area (Å²) >= 11 is 0. The Bertz CT molecular complexity index is 597. The minimum Gasteiger partial charge on any atom is -0.338 e. The number of nitrogens with zero attached hydrogens (tertiary/aromatic N) is 5. The molecular formula is C14H15F2N5. The first-order valence-electron chi connectivity index (χ1n) is 6.76. The number of hydrogen-bond acceptors (Lipinski definition) is 5. The number of aromatic nitrogens is 3. The molecule has 0 aromatic carbocycles. The van der Waals surface area contributed by atoms with Crippen molar-refractivity contribution in [2.24, 2.45) is 0 Å². The van der Waals surface area contributed by atoms with Crippen LogP contribution in [0.3, 0.4) is 0 Å². The van der Waals surface area contributed by atoms with Gasteiger partial charge in [-0.05, 0) is 12.1 Å². The third-order valence-corrected chi connectivity index (χ3v) is 3.47. The van der Waals surface area contributed by atoms with Crippen LogP contribution in [0.25, 0.3) is 0 Å². The lowest BCUT2D eigenvalue weighted by Crippen LogP contribution is -2.46. The number of pyridine rings is 1. The lowest BCUT2D eigenvalue weighted by molar-refractivity contribution is 0.242. The summed E-state index contributed by atoms with van der Waals surface area (Å²) in [4.78, 5) is 16.1. The molecule has 5 nitrogen and oxygen atoms in total. The van der Waals surface area contributed by atoms with Crippen LogP contribution in [-0.2, 0) is 6.54 Å². The topological polar surface area (TPSA) is 45.2 Å². The Morgan fingerprint density at radius 2 is 1.71 bits per heavy atom. The highest BCUT2D eigenvalue weighted by atomic mass is 19.1. The number of halogens is 2. The van der Waals surface area contributed by atoms with Gasteiger partial charge in [0.25, 0.3) is 0 Å². The van der Waals surface area contributed by atoms with E-state index in [0.29, 0.717) is 18.2 Å². The minimum absolute atomic E-state index is 0.276. The number of piperazine rings is 1. The van der Waals surface area contributed by atoms with E-state index >= 15 is 0 Å². The SMILES string of the molecule is Fc1cnc(N2CCN(Cc3ncccc3F)CC2)nc1. The van der Waals surface area contributed by atoms with Crippen LogP contribution in [0.5, 0.6) is 0 Å². The average Bonchev–Trinajstić information content (AvgIpc) is 2.51. The Hall–Kier alpha value is -2.15. The monoisotopic (exact) mass is 291 g/mol. The van der Waals surface area contributed by atoms with Crippen LogP contribution < -0.4 is 4.90 Å². The molecule has 0 saturated carbocycles. The maximum atomic E-state index is 13.6. The molecule has 2 aromatic rings. The van der Waals surface area contributed by atoms with Gasteiger partial charge in [-0.15, -0.1) is 0 Å². The molecule has 1 aliphatic rings. The molecule has 7 heteroatoms. The summed E-state index contributed by atoms with van der Waals surface area (Å²) in [6.07, 6.45) is 3.93. The number of rotatable bonds is 3. The summed E-state index contributed by atoms with van der Waals surface area (Å²) in [7, 11) is 0. The second-order valence-electron chi connectivity index (χ2n) is 4.90. The van der Waals surface area contributed by atoms with Crippen molar-refractivity contribution in [1.29, 1.82) is 0 Å². The molecule has 0 radical (unpaired) electrons. The molecule has 0 aliphatic carbocycles. The van der Waals surface area contributed by atoms with E-state index in [-0.39, 0.29) is 5.82 Å². The van der Waals surface area contributed by atoms with Crippen molar-refractivity contribution in [2.75, 3.05) is 31.1 Å². The van der Waals surface area contributed by atoms with Gasteiger partial charge in [0.05, 0.1) is 18.1 Å². The first-order valence-corrected chi connectivity index (χ1v) is 6.76. The zero-order valence-electron chi connectivity index (χ0n) is 11.4. The van der Waals surface area contributed by atoms with Gasteiger partial charge < -0.3 is 4.90 Å². The maximum absolute atomic E-state index is 13.6. The molecule has 21 heavy (non-hydrogen) atoms. The number of anilines is 1. The van der Waals surface area contributed by atoms with Gasteiger partial charge >= 0.3 is 0 Å². The Labute approximate surface area is 121 Å². The summed E-state index contributed by atoms with van der Waals surface area (Å²) in [5, 5.41) is 0. The molecule has 0 atom stereocenters. The Morgan fingerprint density at radius 3 is 2.38 bits per heavy atom. The van der Waals surface area contributed by atoms with Crippen LogP contribution in [0.1, 0.15) is 5.69 Å². The van der Waals surface area contributed by atoms with Crippen molar-refractivity contribution >= 4 is 5.95 Å². The second kappa shape index (κ2) is 6.09. The first-order chi connectivity index (χ1) is 10.2. The fraction of sp³-hybridized carbons (Fsp3) is 0.357. The van der Waals surface area contributed by atoms with Gasteiger partial charge in [0.2, 0.25) is 5.95 Å². The summed E-state index contributed by atoms with van der Waals surface area (Å²) in [6, 6.07) is 3.01. The summed E-state index contributed by atoms with van der Waals surface area (Å²) in [6.45, 7) is 3.46. The van der Waals surface area contributed by atoms with Crippen LogP contribution in [0.4, 0.5) is 14.7 Å². The highest BCUT2D eigenvalue weighted by Crippen LogP contribution is 2.13. The van der Waals surface area contributed by atoms with Crippen molar-refractivity contribution in [1.82, 2.24) is 19.9 Å². The normalized spacial score (nSPS) is 16.2. The quantitative estimate of drug-likeness (QED) is 0.857. The zero-order valence-corrected chi connectivity index (χ0v) is 11.4. The smallest absolute Gasteiger partial charge is 0.225 e. The van der Waals surface area contributed by atoms with Crippen molar-refractivity contribution in [3.63, 3.8) is 0 Å². The van der Waals surface area contributed by atoms with E-state index < -0.39 is 5.82 Å². The van der Waals surface area contributed by atoms with Gasteiger partial charge in [-0.1, -0.05) is 0 Å². The maximum Gasteiger partial charge on any atom is 0.225 e. The van der Waals surface area contributed by atoms with Crippen molar-refractivity contribution < 1.29 is 8.78 Å². The van der Waals surface area contributed by atoms with Gasteiger partial charge in [-0.3, -0.25) is 9.88 Å². The molecule has 0 spiro atoms. The molecule has 0 bridgehead atoms. The molecule has 0 amide bonds. The predicted molar refractivity (Wildman–Crippen MR) is 73.7 cm³/mol. The molecule has 0 unspecified atom stereocenters. The molecule has 1 aliphatic heterocycles. The third kappa shape index (κ3) is 3.30. The van der Waals surface area contributed by atoms with Gasteiger partial charge in [0, 0.05) is 38.9 Å². The highest BCUT2D eigenvalue weighted by molar-refractivity contribution is 5.29. The van der Waals surface area contributed by atoms with Crippen molar-refractivity contribution in [3.05, 3.63) is 48.1 Å². The van der Waals surface area contributed by atoms with Crippen LogP contribution >= 0.6 is 0 Å². The number of hydrogen-bond donors (Lipinski definition) is 0. The van der Waals surface area contributed by atoms with Crippen LogP contribution in [0.15, 0.2) is 30.7 Å². The summed E-state index contributed by atoms with van der Waals surface area (Å²) < 4.78 is 26.4. The van der Waals surface area contributed by atoms with E-state index in [2.05, 4.69) is 19.9 Å². The second-order valence-corrected chi connectivity index (χ2v) is 4.90. The molecule has 1 fully saturated rings. The van der Waals surface area contributed by atoms with Crippen molar-refractivity contribution in [2.45, 2.75) is 6.54 Å². The molecular weight excluding hydrogens is 276 g/mol. The fourth-order valence-corrected chi connectivity index (χ4v) is 2.32. The van der Waals surface area contributed by atoms with E-state index in [1.165, 1.54) is 6.07 Å². The molecule has 2 aromatic heterocycles. The predicted octanol–water partition coefficient (Wildman–Crippen LogP) is 1.47. The van der Waals surface area contributed by atoms with E-state index in [1.54, 1.807) is 12.3 Å².